The van der Waals surface area contributed by atoms with E-state index in [-0.39, 0.29) is 17.3 Å². The molecule has 1 heterocycles. The van der Waals surface area contributed by atoms with E-state index in [1.54, 1.807) is 13.8 Å². The first-order chi connectivity index (χ1) is 8.18. The van der Waals surface area contributed by atoms with Crippen molar-refractivity contribution in [3.8, 4) is 0 Å². The summed E-state index contributed by atoms with van der Waals surface area (Å²) in [4.78, 5) is 21.3. The summed E-state index contributed by atoms with van der Waals surface area (Å²) in [7, 11) is 0. The van der Waals surface area contributed by atoms with Crippen LogP contribution in [0.4, 0.5) is 25.1 Å². The van der Waals surface area contributed by atoms with Crippen molar-refractivity contribution >= 4 is 29.4 Å². The summed E-state index contributed by atoms with van der Waals surface area (Å²) in [6, 6.07) is -0.0605. The van der Waals surface area contributed by atoms with E-state index in [2.05, 4.69) is 20.3 Å². The number of carbonyl (C=O) groups excluding carboxylic acids is 1. The minimum atomic E-state index is -5.02. The Bertz CT molecular complexity index is 451. The number of carbonyl (C=O) groups is 1. The highest BCUT2D eigenvalue weighted by Gasteiger charge is 2.39. The molecule has 0 saturated heterocycles. The molecule has 0 aliphatic rings. The average molecular weight is 284 g/mol. The molecule has 1 amide bonds. The van der Waals surface area contributed by atoms with Crippen LogP contribution in [-0.4, -0.2) is 33.1 Å². The molecule has 0 saturated carbocycles. The Morgan fingerprint density at radius 3 is 2.28 bits per heavy atom. The quantitative estimate of drug-likeness (QED) is 0.885. The fraction of sp³-hybridized carbons (Fsp3) is 0.500. The molecule has 10 heteroatoms. The lowest BCUT2D eigenvalue weighted by Crippen LogP contribution is -2.31. The molecule has 0 bridgehead atoms. The fourth-order valence-corrected chi connectivity index (χ4v) is 1.06. The summed E-state index contributed by atoms with van der Waals surface area (Å²) in [6.07, 6.45) is -5.02. The highest BCUT2D eigenvalue weighted by atomic mass is 35.5. The first-order valence-electron chi connectivity index (χ1n) is 4.75. The summed E-state index contributed by atoms with van der Waals surface area (Å²) in [5, 5.41) is 3.88. The van der Waals surface area contributed by atoms with Gasteiger partial charge in [0.2, 0.25) is 17.2 Å². The zero-order valence-corrected chi connectivity index (χ0v) is 10.1. The lowest BCUT2D eigenvalue weighted by atomic mass is 10.4. The summed E-state index contributed by atoms with van der Waals surface area (Å²) in [5.74, 6) is -2.77. The molecular formula is C8H9ClF3N5O. The van der Waals surface area contributed by atoms with Crippen LogP contribution in [0.1, 0.15) is 13.8 Å². The fourth-order valence-electron chi connectivity index (χ4n) is 0.901. The number of nitrogens with one attached hydrogen (secondary N) is 2. The van der Waals surface area contributed by atoms with Crippen LogP contribution < -0.4 is 10.6 Å². The summed E-state index contributed by atoms with van der Waals surface area (Å²) in [5.41, 5.74) is 0. The second kappa shape index (κ2) is 5.34. The van der Waals surface area contributed by atoms with E-state index in [1.165, 1.54) is 5.32 Å². The second-order valence-electron chi connectivity index (χ2n) is 3.50. The Labute approximate surface area is 105 Å². The van der Waals surface area contributed by atoms with Crippen LogP contribution in [0.25, 0.3) is 0 Å². The van der Waals surface area contributed by atoms with Crippen LogP contribution in [0, 0.1) is 0 Å². The minimum Gasteiger partial charge on any atom is -0.352 e. The van der Waals surface area contributed by atoms with E-state index in [0.29, 0.717) is 0 Å². The molecule has 0 aromatic carbocycles. The van der Waals surface area contributed by atoms with Gasteiger partial charge in [-0.15, -0.1) is 0 Å². The predicted molar refractivity (Wildman–Crippen MR) is 58.3 cm³/mol. The molecule has 0 spiro atoms. The summed E-state index contributed by atoms with van der Waals surface area (Å²) < 4.78 is 36.0. The SMILES string of the molecule is CC(C)Nc1nc(Cl)nc(NC(=O)C(F)(F)F)n1. The molecule has 6 nitrogen and oxygen atoms in total. The van der Waals surface area contributed by atoms with Crippen LogP contribution >= 0.6 is 11.6 Å². The Hall–Kier alpha value is -1.64. The first-order valence-corrected chi connectivity index (χ1v) is 5.12. The summed E-state index contributed by atoms with van der Waals surface area (Å²) >= 11 is 5.50. The number of hydrogen-bond donors (Lipinski definition) is 2. The standard InChI is InChI=1S/C8H9ClF3N5O/c1-3(2)13-6-15-5(9)16-7(17-6)14-4(18)8(10,11)12/h3H,1-2H3,(H2,13,14,15,16,17,18). The predicted octanol–water partition coefficient (Wildman–Crippen LogP) is 1.85. The van der Waals surface area contributed by atoms with E-state index in [0.717, 1.165) is 0 Å². The molecule has 0 unspecified atom stereocenters. The van der Waals surface area contributed by atoms with Crippen molar-refractivity contribution in [2.75, 3.05) is 10.6 Å². The number of hydrogen-bond acceptors (Lipinski definition) is 5. The van der Waals surface area contributed by atoms with Gasteiger partial charge < -0.3 is 5.32 Å². The maximum absolute atomic E-state index is 12.0. The van der Waals surface area contributed by atoms with Gasteiger partial charge in [0.15, 0.2) is 0 Å². The maximum Gasteiger partial charge on any atom is 0.471 e. The average Bonchev–Trinajstić information content (AvgIpc) is 2.13. The molecule has 1 rings (SSSR count). The molecule has 1 aromatic rings. The van der Waals surface area contributed by atoms with Crippen LogP contribution in [-0.2, 0) is 4.79 Å². The first kappa shape index (κ1) is 14.4. The molecular weight excluding hydrogens is 275 g/mol. The van der Waals surface area contributed by atoms with Crippen LogP contribution in [0.2, 0.25) is 5.28 Å². The van der Waals surface area contributed by atoms with Crippen molar-refractivity contribution in [1.82, 2.24) is 15.0 Å². The highest BCUT2D eigenvalue weighted by molar-refractivity contribution is 6.28. The number of nitrogens with zero attached hydrogens (tertiary/aromatic N) is 3. The van der Waals surface area contributed by atoms with Gasteiger partial charge in [-0.25, -0.2) is 0 Å². The van der Waals surface area contributed by atoms with Gasteiger partial charge in [-0.2, -0.15) is 28.1 Å². The van der Waals surface area contributed by atoms with Crippen molar-refractivity contribution < 1.29 is 18.0 Å². The normalized spacial score (nSPS) is 11.5. The van der Waals surface area contributed by atoms with E-state index in [9.17, 15) is 18.0 Å². The molecule has 0 fully saturated rings. The monoisotopic (exact) mass is 283 g/mol. The Balaban J connectivity index is 2.90. The number of anilines is 2. The number of rotatable bonds is 3. The van der Waals surface area contributed by atoms with Gasteiger partial charge in [-0.1, -0.05) is 0 Å². The number of halogens is 4. The lowest BCUT2D eigenvalue weighted by molar-refractivity contribution is -0.167. The number of amides is 1. The van der Waals surface area contributed by atoms with Crippen LogP contribution in [0.3, 0.4) is 0 Å². The molecule has 0 aliphatic carbocycles. The molecule has 0 radical (unpaired) electrons. The van der Waals surface area contributed by atoms with Gasteiger partial charge in [0.1, 0.15) is 0 Å². The third-order valence-electron chi connectivity index (χ3n) is 1.51. The van der Waals surface area contributed by atoms with Crippen molar-refractivity contribution in [2.24, 2.45) is 0 Å². The van der Waals surface area contributed by atoms with Gasteiger partial charge in [0.25, 0.3) is 0 Å². The molecule has 18 heavy (non-hydrogen) atoms. The van der Waals surface area contributed by atoms with Crippen LogP contribution in [0.5, 0.6) is 0 Å². The van der Waals surface area contributed by atoms with Crippen molar-refractivity contribution in [3.05, 3.63) is 5.28 Å². The van der Waals surface area contributed by atoms with Gasteiger partial charge in [-0.05, 0) is 25.4 Å². The second-order valence-corrected chi connectivity index (χ2v) is 3.84. The van der Waals surface area contributed by atoms with Gasteiger partial charge in [0, 0.05) is 6.04 Å². The third-order valence-corrected chi connectivity index (χ3v) is 1.68. The summed E-state index contributed by atoms with van der Waals surface area (Å²) in [6.45, 7) is 3.54. The highest BCUT2D eigenvalue weighted by Crippen LogP contribution is 2.17. The third kappa shape index (κ3) is 4.32. The van der Waals surface area contributed by atoms with Gasteiger partial charge in [0.05, 0.1) is 0 Å². The Morgan fingerprint density at radius 1 is 1.22 bits per heavy atom. The van der Waals surface area contributed by atoms with Gasteiger partial charge in [-0.3, -0.25) is 10.1 Å². The van der Waals surface area contributed by atoms with E-state index in [1.807, 2.05) is 0 Å². The number of aromatic nitrogens is 3. The maximum atomic E-state index is 12.0. The zero-order valence-electron chi connectivity index (χ0n) is 9.34. The Kier molecular flexibility index (Phi) is 4.28. The van der Waals surface area contributed by atoms with Gasteiger partial charge >= 0.3 is 12.1 Å². The molecule has 2 N–H and O–H groups in total. The van der Waals surface area contributed by atoms with Crippen LogP contribution in [0.15, 0.2) is 0 Å². The lowest BCUT2D eigenvalue weighted by Gasteiger charge is -2.10. The molecule has 0 aliphatic heterocycles. The van der Waals surface area contributed by atoms with E-state index >= 15 is 0 Å². The van der Waals surface area contributed by atoms with Crippen molar-refractivity contribution in [2.45, 2.75) is 26.1 Å². The van der Waals surface area contributed by atoms with E-state index < -0.39 is 18.0 Å². The van der Waals surface area contributed by atoms with Crippen molar-refractivity contribution in [1.29, 1.82) is 0 Å². The topological polar surface area (TPSA) is 79.8 Å². The van der Waals surface area contributed by atoms with Crippen molar-refractivity contribution in [3.63, 3.8) is 0 Å². The molecule has 0 atom stereocenters. The minimum absolute atomic E-state index is 0.0255. The molecule has 100 valence electrons. The largest absolute Gasteiger partial charge is 0.471 e. The number of alkyl halides is 3. The Morgan fingerprint density at radius 2 is 1.78 bits per heavy atom. The molecule has 1 aromatic heterocycles. The zero-order chi connectivity index (χ0) is 13.9. The smallest absolute Gasteiger partial charge is 0.352 e. The van der Waals surface area contributed by atoms with E-state index in [4.69, 9.17) is 11.6 Å².